The molecule has 2 bridgehead atoms. The highest BCUT2D eigenvalue weighted by Crippen LogP contribution is 2.26. The summed E-state index contributed by atoms with van der Waals surface area (Å²) in [5.41, 5.74) is 3.52. The zero-order chi connectivity index (χ0) is 39.8. The Labute approximate surface area is 325 Å². The monoisotopic (exact) mass is 770 g/mol. The molecular weight excluding hydrogens is 721 g/mol. The fourth-order valence-corrected chi connectivity index (χ4v) is 7.47. The molecule has 3 heterocycles. The van der Waals surface area contributed by atoms with Gasteiger partial charge in [0.05, 0.1) is 25.6 Å². The van der Waals surface area contributed by atoms with Crippen LogP contribution in [0.3, 0.4) is 0 Å². The minimum atomic E-state index is -1.07. The number of aryl methyl sites for hydroxylation is 1. The average molecular weight is 771 g/mol. The van der Waals surface area contributed by atoms with Gasteiger partial charge in [-0.05, 0) is 48.9 Å². The first-order valence-corrected chi connectivity index (χ1v) is 19.3. The van der Waals surface area contributed by atoms with Gasteiger partial charge in [0.2, 0.25) is 29.5 Å². The van der Waals surface area contributed by atoms with Gasteiger partial charge in [-0.25, -0.2) is 4.98 Å². The molecule has 15 heteroatoms. The predicted octanol–water partition coefficient (Wildman–Crippen LogP) is 2.98. The number of carbonyl (C=O) groups is 6. The number of rotatable bonds is 6. The number of hydrogen-bond acceptors (Lipinski definition) is 8. The number of likely N-dealkylation sites (N-methyl/N-ethyl adjacent to an activating group) is 2. The van der Waals surface area contributed by atoms with Gasteiger partial charge in [-0.15, -0.1) is 11.3 Å². The summed E-state index contributed by atoms with van der Waals surface area (Å²) in [7, 11) is 3.03. The van der Waals surface area contributed by atoms with Gasteiger partial charge >= 0.3 is 0 Å². The van der Waals surface area contributed by atoms with E-state index in [4.69, 9.17) is 0 Å². The van der Waals surface area contributed by atoms with Gasteiger partial charge < -0.3 is 35.6 Å². The highest BCUT2D eigenvalue weighted by Gasteiger charge is 2.30. The standard InChI is InChI=1S/C40H50N8O6S/c1-24(2)17-31-38-45-33(23-55-38)37(52)44-32(18-28-20-41-30-14-10-9-13-29(28)30)40(54)47(6)21-34(49)42-26(4)39(53)46(5)15-16-48(22-35(50)43-31)36(51)19-27-12-8-7-11-25(27)3/h7-14,20,23-24,26,31-32,41H,15-19,21-22H2,1-6H3,(H,42,49)(H,43,50)(H,44,52)/t26-,31-,32+/m0/s1. The molecule has 3 atom stereocenters. The number of aromatic nitrogens is 2. The lowest BCUT2D eigenvalue weighted by Gasteiger charge is -2.28. The van der Waals surface area contributed by atoms with Crippen molar-refractivity contribution in [1.82, 2.24) is 40.6 Å². The number of fused-ring (bicyclic) bond motifs is 3. The third-order valence-electron chi connectivity index (χ3n) is 9.67. The van der Waals surface area contributed by atoms with Crippen molar-refractivity contribution in [3.05, 3.63) is 87.5 Å². The number of thiazole rings is 1. The molecule has 4 aromatic rings. The molecule has 2 aromatic carbocycles. The first kappa shape index (κ1) is 40.6. The number of carbonyl (C=O) groups excluding carboxylic acids is 6. The second-order valence-corrected chi connectivity index (χ2v) is 15.5. The number of para-hydroxylation sites is 1. The minimum Gasteiger partial charge on any atom is -0.361 e. The summed E-state index contributed by atoms with van der Waals surface area (Å²) in [6, 6.07) is 12.6. The number of hydrogen-bond donors (Lipinski definition) is 4. The van der Waals surface area contributed by atoms with E-state index in [0.717, 1.165) is 27.6 Å². The summed E-state index contributed by atoms with van der Waals surface area (Å²) >= 11 is 1.22. The van der Waals surface area contributed by atoms with Crippen molar-refractivity contribution in [2.75, 3.05) is 40.3 Å². The fraction of sp³-hybridized carbons (Fsp3) is 0.425. The molecule has 6 amide bonds. The largest absolute Gasteiger partial charge is 0.361 e. The van der Waals surface area contributed by atoms with Crippen molar-refractivity contribution in [1.29, 1.82) is 0 Å². The molecule has 0 aliphatic carbocycles. The van der Waals surface area contributed by atoms with Gasteiger partial charge in [0.1, 0.15) is 22.8 Å². The van der Waals surface area contributed by atoms with Crippen molar-refractivity contribution in [2.45, 2.75) is 65.1 Å². The molecule has 0 spiro atoms. The molecule has 0 saturated carbocycles. The number of H-pyrrole nitrogens is 1. The molecule has 0 saturated heterocycles. The van der Waals surface area contributed by atoms with Crippen LogP contribution < -0.4 is 16.0 Å². The van der Waals surface area contributed by atoms with Crippen molar-refractivity contribution >= 4 is 57.7 Å². The quantitative estimate of drug-likeness (QED) is 0.233. The van der Waals surface area contributed by atoms with E-state index in [9.17, 15) is 28.8 Å². The van der Waals surface area contributed by atoms with Crippen LogP contribution in [-0.2, 0) is 36.8 Å². The Morgan fingerprint density at radius 1 is 0.855 bits per heavy atom. The van der Waals surface area contributed by atoms with Gasteiger partial charge in [-0.1, -0.05) is 56.3 Å². The molecule has 0 unspecified atom stereocenters. The molecule has 4 N–H and O–H groups in total. The van der Waals surface area contributed by atoms with Crippen LogP contribution in [0.4, 0.5) is 0 Å². The van der Waals surface area contributed by atoms with Gasteiger partial charge in [0.25, 0.3) is 5.91 Å². The van der Waals surface area contributed by atoms with Gasteiger partial charge in [0.15, 0.2) is 0 Å². The Balaban J connectivity index is 1.45. The lowest BCUT2D eigenvalue weighted by atomic mass is 10.0. The summed E-state index contributed by atoms with van der Waals surface area (Å²) < 4.78 is 0. The van der Waals surface area contributed by atoms with E-state index < -0.39 is 47.7 Å². The van der Waals surface area contributed by atoms with Crippen molar-refractivity contribution < 1.29 is 28.8 Å². The topological polar surface area (TPSA) is 177 Å². The fourth-order valence-electron chi connectivity index (χ4n) is 6.61. The SMILES string of the molecule is Cc1ccccc1CC(=O)N1CCN(C)C(=O)[C@H](C)NC(=O)CN(C)C(=O)[C@@H](Cc2c[nH]c3ccccc23)NC(=O)c2csc(n2)[C@H](CC(C)C)NC(=O)C1. The smallest absolute Gasteiger partial charge is 0.271 e. The van der Waals surface area contributed by atoms with Crippen molar-refractivity contribution in [2.24, 2.45) is 5.92 Å². The molecule has 1 aliphatic rings. The Hall–Kier alpha value is -5.57. The molecule has 0 fully saturated rings. The number of nitrogens with one attached hydrogen (secondary N) is 4. The second-order valence-electron chi connectivity index (χ2n) is 14.6. The van der Waals surface area contributed by atoms with Gasteiger partial charge in [0, 0.05) is 56.1 Å². The third-order valence-corrected chi connectivity index (χ3v) is 10.6. The Bertz CT molecular complexity index is 2040. The molecule has 14 nitrogen and oxygen atoms in total. The molecule has 2 aromatic heterocycles. The maximum Gasteiger partial charge on any atom is 0.271 e. The lowest BCUT2D eigenvalue weighted by Crippen LogP contribution is -2.53. The van der Waals surface area contributed by atoms with E-state index in [2.05, 4.69) is 25.9 Å². The van der Waals surface area contributed by atoms with E-state index in [0.29, 0.717) is 11.4 Å². The van der Waals surface area contributed by atoms with E-state index in [1.165, 1.54) is 33.1 Å². The molecule has 1 aliphatic heterocycles. The van der Waals surface area contributed by atoms with E-state index in [-0.39, 0.29) is 56.5 Å². The van der Waals surface area contributed by atoms with Crippen molar-refractivity contribution in [3.8, 4) is 0 Å². The normalized spacial score (nSPS) is 19.9. The summed E-state index contributed by atoms with van der Waals surface area (Å²) in [6.45, 7) is 7.00. The maximum absolute atomic E-state index is 14.0. The molecule has 55 heavy (non-hydrogen) atoms. The van der Waals surface area contributed by atoms with Crippen molar-refractivity contribution in [3.63, 3.8) is 0 Å². The number of benzene rings is 2. The highest BCUT2D eigenvalue weighted by molar-refractivity contribution is 7.09. The molecular formula is C40H50N8O6S. The Kier molecular flexibility index (Phi) is 13.4. The summed E-state index contributed by atoms with van der Waals surface area (Å²) in [5.74, 6) is -2.64. The minimum absolute atomic E-state index is 0.0620. The molecule has 5 rings (SSSR count). The lowest BCUT2D eigenvalue weighted by molar-refractivity contribution is -0.139. The molecule has 292 valence electrons. The maximum atomic E-state index is 14.0. The summed E-state index contributed by atoms with van der Waals surface area (Å²) in [5, 5.41) is 11.5. The number of amides is 6. The van der Waals surface area contributed by atoms with E-state index in [1.807, 2.05) is 69.3 Å². The number of aromatic amines is 1. The van der Waals surface area contributed by atoms with E-state index >= 15 is 0 Å². The van der Waals surface area contributed by atoms with Crippen LogP contribution in [0, 0.1) is 12.8 Å². The third kappa shape index (κ3) is 10.6. The van der Waals surface area contributed by atoms with Crippen LogP contribution in [0.25, 0.3) is 10.9 Å². The van der Waals surface area contributed by atoms with Gasteiger partial charge in [-0.3, -0.25) is 28.8 Å². The summed E-state index contributed by atoms with van der Waals surface area (Å²) in [6.07, 6.45) is 2.50. The first-order chi connectivity index (χ1) is 26.2. The molecule has 0 radical (unpaired) electrons. The highest BCUT2D eigenvalue weighted by atomic mass is 32.1. The van der Waals surface area contributed by atoms with Gasteiger partial charge in [-0.2, -0.15) is 0 Å². The first-order valence-electron chi connectivity index (χ1n) is 18.4. The van der Waals surface area contributed by atoms with Crippen LogP contribution in [0.5, 0.6) is 0 Å². The van der Waals surface area contributed by atoms with E-state index in [1.54, 1.807) is 25.5 Å². The Morgan fingerprint density at radius 3 is 2.31 bits per heavy atom. The Morgan fingerprint density at radius 2 is 1.56 bits per heavy atom. The number of nitrogens with zero attached hydrogens (tertiary/aromatic N) is 4. The van der Waals surface area contributed by atoms with Crippen LogP contribution in [0.2, 0.25) is 0 Å². The van der Waals surface area contributed by atoms with Crippen LogP contribution in [0.1, 0.15) is 65.4 Å². The predicted molar refractivity (Wildman–Crippen MR) is 210 cm³/mol. The van der Waals surface area contributed by atoms with Crippen LogP contribution in [-0.4, -0.2) is 112 Å². The second kappa shape index (κ2) is 18.2. The zero-order valence-electron chi connectivity index (χ0n) is 32.2. The average Bonchev–Trinajstić information content (AvgIpc) is 3.80. The zero-order valence-corrected chi connectivity index (χ0v) is 33.0. The van der Waals surface area contributed by atoms with Crippen LogP contribution >= 0.6 is 11.3 Å². The summed E-state index contributed by atoms with van der Waals surface area (Å²) in [4.78, 5) is 93.6. The van der Waals surface area contributed by atoms with Crippen LogP contribution in [0.15, 0.2) is 60.1 Å².